The van der Waals surface area contributed by atoms with E-state index in [9.17, 15) is 4.79 Å². The first-order chi connectivity index (χ1) is 8.19. The first-order valence-electron chi connectivity index (χ1n) is 6.33. The van der Waals surface area contributed by atoms with Crippen LogP contribution in [-0.4, -0.2) is 23.0 Å². The Morgan fingerprint density at radius 1 is 1.41 bits per heavy atom. The summed E-state index contributed by atoms with van der Waals surface area (Å²) in [6, 6.07) is 1.79. The van der Waals surface area contributed by atoms with Crippen molar-refractivity contribution in [3.8, 4) is 0 Å². The molecule has 1 aromatic rings. The van der Waals surface area contributed by atoms with Gasteiger partial charge in [-0.05, 0) is 12.8 Å². The van der Waals surface area contributed by atoms with Gasteiger partial charge >= 0.3 is 0 Å². The molecular formula is C13H22N2O2. The van der Waals surface area contributed by atoms with Gasteiger partial charge in [-0.2, -0.15) is 0 Å². The summed E-state index contributed by atoms with van der Waals surface area (Å²) in [5, 5.41) is 3.64. The zero-order valence-electron chi connectivity index (χ0n) is 11.0. The second-order valence-electron chi connectivity index (χ2n) is 4.45. The molecule has 0 spiro atoms. The molecule has 0 N–H and O–H groups in total. The molecule has 0 fully saturated rings. The maximum absolute atomic E-state index is 12.2. The fraction of sp³-hybridized carbons (Fsp3) is 0.692. The van der Waals surface area contributed by atoms with Gasteiger partial charge in [-0.1, -0.05) is 31.8 Å². The fourth-order valence-electron chi connectivity index (χ4n) is 2.04. The molecule has 1 aromatic heterocycles. The number of carbonyl (C=O) groups excluding carboxylic acids is 1. The third kappa shape index (κ3) is 4.21. The fourth-order valence-corrected chi connectivity index (χ4v) is 2.04. The number of aromatic nitrogens is 1. The predicted octanol–water partition coefficient (Wildman–Crippen LogP) is 2.85. The molecule has 17 heavy (non-hydrogen) atoms. The van der Waals surface area contributed by atoms with Crippen LogP contribution in [0, 0.1) is 5.92 Å². The molecule has 1 heterocycles. The molecule has 0 unspecified atom stereocenters. The lowest BCUT2D eigenvalue weighted by atomic mass is 9.97. The summed E-state index contributed by atoms with van der Waals surface area (Å²) in [5.74, 6) is 1.09. The summed E-state index contributed by atoms with van der Waals surface area (Å²) in [6.07, 6.45) is 5.63. The summed E-state index contributed by atoms with van der Waals surface area (Å²) >= 11 is 0. The molecule has 0 aliphatic carbocycles. The van der Waals surface area contributed by atoms with E-state index in [0.29, 0.717) is 6.54 Å². The zero-order valence-corrected chi connectivity index (χ0v) is 11.0. The van der Waals surface area contributed by atoms with Crippen molar-refractivity contribution < 1.29 is 9.32 Å². The van der Waals surface area contributed by atoms with Gasteiger partial charge in [-0.15, -0.1) is 0 Å². The Morgan fingerprint density at radius 2 is 2.06 bits per heavy atom. The molecular weight excluding hydrogens is 216 g/mol. The summed E-state index contributed by atoms with van der Waals surface area (Å²) in [5.41, 5.74) is 0. The molecule has 1 rings (SSSR count). The van der Waals surface area contributed by atoms with Crippen LogP contribution >= 0.6 is 0 Å². The van der Waals surface area contributed by atoms with Gasteiger partial charge < -0.3 is 9.42 Å². The largest absolute Gasteiger partial charge is 0.360 e. The molecule has 0 bridgehead atoms. The highest BCUT2D eigenvalue weighted by Gasteiger charge is 2.21. The minimum absolute atomic E-state index is 0.151. The predicted molar refractivity (Wildman–Crippen MR) is 66.3 cm³/mol. The van der Waals surface area contributed by atoms with Crippen molar-refractivity contribution in [1.82, 2.24) is 10.1 Å². The molecule has 0 saturated heterocycles. The van der Waals surface area contributed by atoms with E-state index in [1.54, 1.807) is 17.2 Å². The van der Waals surface area contributed by atoms with Crippen molar-refractivity contribution in [3.63, 3.8) is 0 Å². The number of amides is 1. The summed E-state index contributed by atoms with van der Waals surface area (Å²) in [6.45, 7) is 4.74. The van der Waals surface area contributed by atoms with Gasteiger partial charge in [0.1, 0.15) is 0 Å². The minimum Gasteiger partial charge on any atom is -0.360 e. The minimum atomic E-state index is 0.151. The lowest BCUT2D eigenvalue weighted by molar-refractivity contribution is -0.135. The van der Waals surface area contributed by atoms with Crippen LogP contribution in [0.5, 0.6) is 0 Å². The van der Waals surface area contributed by atoms with Gasteiger partial charge in [0.25, 0.3) is 0 Å². The second kappa shape index (κ2) is 7.09. The lowest BCUT2D eigenvalue weighted by Crippen LogP contribution is -2.32. The Balaban J connectivity index is 2.53. The van der Waals surface area contributed by atoms with Crippen molar-refractivity contribution in [2.75, 3.05) is 7.05 Å². The van der Waals surface area contributed by atoms with Crippen molar-refractivity contribution in [3.05, 3.63) is 18.0 Å². The molecule has 0 saturated carbocycles. The van der Waals surface area contributed by atoms with Crippen LogP contribution in [-0.2, 0) is 11.3 Å². The normalized spacial score (nSPS) is 10.8. The van der Waals surface area contributed by atoms with Crippen LogP contribution in [0.3, 0.4) is 0 Å². The van der Waals surface area contributed by atoms with Crippen LogP contribution in [0.4, 0.5) is 0 Å². The zero-order chi connectivity index (χ0) is 12.7. The molecule has 0 aliphatic heterocycles. The number of carbonyl (C=O) groups is 1. The van der Waals surface area contributed by atoms with Crippen LogP contribution in [0.15, 0.2) is 16.8 Å². The van der Waals surface area contributed by atoms with E-state index in [1.165, 1.54) is 0 Å². The van der Waals surface area contributed by atoms with E-state index in [4.69, 9.17) is 4.52 Å². The van der Waals surface area contributed by atoms with E-state index < -0.39 is 0 Å². The maximum Gasteiger partial charge on any atom is 0.225 e. The Morgan fingerprint density at radius 3 is 2.53 bits per heavy atom. The number of nitrogens with zero attached hydrogens (tertiary/aromatic N) is 2. The smallest absolute Gasteiger partial charge is 0.225 e. The topological polar surface area (TPSA) is 46.3 Å². The lowest BCUT2D eigenvalue weighted by Gasteiger charge is -2.22. The molecule has 0 aliphatic rings. The van der Waals surface area contributed by atoms with Crippen LogP contribution in [0.25, 0.3) is 0 Å². The number of hydrogen-bond acceptors (Lipinski definition) is 3. The van der Waals surface area contributed by atoms with E-state index in [2.05, 4.69) is 19.0 Å². The Bertz CT molecular complexity index is 316. The van der Waals surface area contributed by atoms with E-state index in [-0.39, 0.29) is 11.8 Å². The van der Waals surface area contributed by atoms with Gasteiger partial charge in [-0.3, -0.25) is 4.79 Å². The van der Waals surface area contributed by atoms with Gasteiger partial charge in [0.05, 0.1) is 12.7 Å². The number of hydrogen-bond donors (Lipinski definition) is 0. The summed E-state index contributed by atoms with van der Waals surface area (Å²) in [7, 11) is 1.82. The van der Waals surface area contributed by atoms with E-state index in [1.807, 2.05) is 7.05 Å². The first-order valence-corrected chi connectivity index (χ1v) is 6.33. The highest BCUT2D eigenvalue weighted by Crippen LogP contribution is 2.17. The van der Waals surface area contributed by atoms with Crippen LogP contribution < -0.4 is 0 Å². The first kappa shape index (κ1) is 13.7. The molecule has 4 nitrogen and oxygen atoms in total. The van der Waals surface area contributed by atoms with Crippen molar-refractivity contribution in [2.45, 2.75) is 46.1 Å². The molecule has 0 aromatic carbocycles. The maximum atomic E-state index is 12.2. The van der Waals surface area contributed by atoms with Crippen LogP contribution in [0.2, 0.25) is 0 Å². The molecule has 0 atom stereocenters. The Kier molecular flexibility index (Phi) is 5.73. The average Bonchev–Trinajstić information content (AvgIpc) is 2.80. The molecule has 96 valence electrons. The SMILES string of the molecule is CCCC(CCC)C(=O)N(C)Cc1ccno1. The molecule has 4 heteroatoms. The highest BCUT2D eigenvalue weighted by molar-refractivity contribution is 5.78. The quantitative estimate of drug-likeness (QED) is 0.733. The highest BCUT2D eigenvalue weighted by atomic mass is 16.5. The standard InChI is InChI=1S/C13H22N2O2/c1-4-6-11(7-5-2)13(16)15(3)10-12-8-9-14-17-12/h8-9,11H,4-7,10H2,1-3H3. The van der Waals surface area contributed by atoms with Gasteiger partial charge in [-0.25, -0.2) is 0 Å². The molecule has 1 amide bonds. The summed E-state index contributed by atoms with van der Waals surface area (Å²) < 4.78 is 5.01. The second-order valence-corrected chi connectivity index (χ2v) is 4.45. The van der Waals surface area contributed by atoms with E-state index >= 15 is 0 Å². The van der Waals surface area contributed by atoms with Crippen molar-refractivity contribution in [2.24, 2.45) is 5.92 Å². The van der Waals surface area contributed by atoms with Crippen LogP contribution in [0.1, 0.15) is 45.3 Å². The Hall–Kier alpha value is -1.32. The monoisotopic (exact) mass is 238 g/mol. The van der Waals surface area contributed by atoms with Gasteiger partial charge in [0, 0.05) is 19.0 Å². The van der Waals surface area contributed by atoms with Crippen molar-refractivity contribution >= 4 is 5.91 Å². The third-order valence-electron chi connectivity index (χ3n) is 2.88. The van der Waals surface area contributed by atoms with E-state index in [0.717, 1.165) is 31.4 Å². The summed E-state index contributed by atoms with van der Waals surface area (Å²) in [4.78, 5) is 13.9. The number of rotatable bonds is 7. The third-order valence-corrected chi connectivity index (χ3v) is 2.88. The van der Waals surface area contributed by atoms with Gasteiger partial charge in [0.15, 0.2) is 5.76 Å². The van der Waals surface area contributed by atoms with Gasteiger partial charge in [0.2, 0.25) is 5.91 Å². The average molecular weight is 238 g/mol. The Labute approximate surface area is 103 Å². The molecule has 0 radical (unpaired) electrons. The van der Waals surface area contributed by atoms with Crippen molar-refractivity contribution in [1.29, 1.82) is 0 Å².